The molecule has 1 aromatic heterocycles. The summed E-state index contributed by atoms with van der Waals surface area (Å²) >= 11 is 5.51. The second-order valence-electron chi connectivity index (χ2n) is 7.96. The Hall–Kier alpha value is -1.99. The smallest absolute Gasteiger partial charge is 0.232 e. The van der Waals surface area contributed by atoms with Gasteiger partial charge in [0.15, 0.2) is 4.77 Å². The van der Waals surface area contributed by atoms with Crippen molar-refractivity contribution in [1.29, 1.82) is 0 Å². The minimum absolute atomic E-state index is 0.189. The van der Waals surface area contributed by atoms with Crippen molar-refractivity contribution in [3.63, 3.8) is 0 Å². The van der Waals surface area contributed by atoms with Gasteiger partial charge in [-0.25, -0.2) is 4.68 Å². The van der Waals surface area contributed by atoms with E-state index in [0.29, 0.717) is 12.7 Å². The third kappa shape index (κ3) is 4.14. The predicted molar refractivity (Wildman–Crippen MR) is 109 cm³/mol. The van der Waals surface area contributed by atoms with Crippen LogP contribution in [0.15, 0.2) is 36.7 Å². The molecule has 0 saturated carbocycles. The molecule has 1 aromatic carbocycles. The van der Waals surface area contributed by atoms with Crippen LogP contribution < -0.4 is 0 Å². The highest BCUT2D eigenvalue weighted by Gasteiger charge is 2.35. The molecule has 0 bridgehead atoms. The van der Waals surface area contributed by atoms with E-state index in [-0.39, 0.29) is 5.91 Å². The van der Waals surface area contributed by atoms with Crippen LogP contribution in [0, 0.1) is 4.77 Å². The number of carbonyl (C=O) groups is 1. The lowest BCUT2D eigenvalue weighted by molar-refractivity contribution is -0.138. The van der Waals surface area contributed by atoms with E-state index in [1.165, 1.54) is 0 Å². The number of hydrogen-bond acceptors (Lipinski definition) is 4. The first-order valence-corrected chi connectivity index (χ1v) is 9.92. The van der Waals surface area contributed by atoms with E-state index in [9.17, 15) is 4.79 Å². The summed E-state index contributed by atoms with van der Waals surface area (Å²) in [6.45, 7) is 12.0. The quantitative estimate of drug-likeness (QED) is 0.740. The lowest BCUT2D eigenvalue weighted by Crippen LogP contribution is -2.53. The maximum absolute atomic E-state index is 13.1. The fourth-order valence-corrected chi connectivity index (χ4v) is 3.82. The first kappa shape index (κ1) is 19.8. The average Bonchev–Trinajstić information content (AvgIpc) is 3.03. The lowest BCUT2D eigenvalue weighted by atomic mass is 9.83. The Morgan fingerprint density at radius 2 is 1.78 bits per heavy atom. The van der Waals surface area contributed by atoms with Crippen LogP contribution in [-0.4, -0.2) is 56.2 Å². The molecule has 146 valence electrons. The third-order valence-corrected chi connectivity index (χ3v) is 5.76. The highest BCUT2D eigenvalue weighted by molar-refractivity contribution is 7.71. The van der Waals surface area contributed by atoms with Crippen molar-refractivity contribution in [3.05, 3.63) is 47.0 Å². The minimum atomic E-state index is -0.512. The molecule has 1 aliphatic heterocycles. The molecule has 1 aliphatic rings. The highest BCUT2D eigenvalue weighted by Crippen LogP contribution is 2.26. The molecule has 1 amide bonds. The number of amides is 1. The topological polar surface area (TPSA) is 46.3 Å². The van der Waals surface area contributed by atoms with E-state index in [0.717, 1.165) is 36.5 Å². The molecule has 1 saturated heterocycles. The minimum Gasteiger partial charge on any atom is -0.339 e. The molecule has 0 spiro atoms. The molecule has 1 fully saturated rings. The third-order valence-electron chi connectivity index (χ3n) is 5.34. The second-order valence-corrected chi connectivity index (χ2v) is 8.32. The van der Waals surface area contributed by atoms with Gasteiger partial charge in [-0.1, -0.05) is 30.3 Å². The van der Waals surface area contributed by atoms with E-state index >= 15 is 0 Å². The van der Waals surface area contributed by atoms with Crippen molar-refractivity contribution < 1.29 is 4.79 Å². The predicted octanol–water partition coefficient (Wildman–Crippen LogP) is 3.07. The van der Waals surface area contributed by atoms with Gasteiger partial charge in [-0.05, 0) is 45.5 Å². The van der Waals surface area contributed by atoms with Gasteiger partial charge in [0.1, 0.15) is 6.33 Å². The van der Waals surface area contributed by atoms with Gasteiger partial charge < -0.3 is 9.47 Å². The summed E-state index contributed by atoms with van der Waals surface area (Å²) < 4.78 is 4.60. The van der Waals surface area contributed by atoms with Crippen LogP contribution in [0.4, 0.5) is 0 Å². The van der Waals surface area contributed by atoms with E-state index < -0.39 is 5.41 Å². The van der Waals surface area contributed by atoms with Crippen LogP contribution >= 0.6 is 12.2 Å². The fourth-order valence-electron chi connectivity index (χ4n) is 3.46. The first-order chi connectivity index (χ1) is 12.8. The van der Waals surface area contributed by atoms with Crippen LogP contribution in [0.2, 0.25) is 0 Å². The summed E-state index contributed by atoms with van der Waals surface area (Å²) in [4.78, 5) is 17.4. The second kappa shape index (κ2) is 7.94. The molecule has 7 heteroatoms. The van der Waals surface area contributed by atoms with E-state index in [2.05, 4.69) is 23.8 Å². The number of nitrogens with zero attached hydrogens (tertiary/aromatic N) is 5. The van der Waals surface area contributed by atoms with Crippen molar-refractivity contribution in [2.45, 2.75) is 45.8 Å². The lowest BCUT2D eigenvalue weighted by Gasteiger charge is -2.38. The summed E-state index contributed by atoms with van der Waals surface area (Å²) in [5.74, 6) is 0.189. The average molecular weight is 388 g/mol. The number of rotatable bonds is 5. The van der Waals surface area contributed by atoms with Gasteiger partial charge in [-0.2, -0.15) is 5.10 Å². The monoisotopic (exact) mass is 387 g/mol. The van der Waals surface area contributed by atoms with Crippen molar-refractivity contribution in [3.8, 4) is 0 Å². The zero-order chi connectivity index (χ0) is 19.6. The molecule has 6 nitrogen and oxygen atoms in total. The van der Waals surface area contributed by atoms with Gasteiger partial charge in [0.25, 0.3) is 0 Å². The van der Waals surface area contributed by atoms with Gasteiger partial charge in [0, 0.05) is 32.2 Å². The molecule has 0 aliphatic carbocycles. The Labute approximate surface area is 166 Å². The van der Waals surface area contributed by atoms with Gasteiger partial charge in [-0.15, -0.1) is 0 Å². The van der Waals surface area contributed by atoms with Crippen LogP contribution in [0.1, 0.15) is 39.3 Å². The zero-order valence-electron chi connectivity index (χ0n) is 16.6. The largest absolute Gasteiger partial charge is 0.339 e. The number of aromatic nitrogens is 3. The SMILES string of the molecule is CC(C)n1cnn(CN2CCN(C(=O)C(C)(C)c3ccccc3)CC2)c1=S. The Balaban J connectivity index is 1.60. The molecule has 0 unspecified atom stereocenters. The number of hydrogen-bond donors (Lipinski definition) is 0. The van der Waals surface area contributed by atoms with Crippen LogP contribution in [-0.2, 0) is 16.9 Å². The normalized spacial score (nSPS) is 16.1. The van der Waals surface area contributed by atoms with Crippen LogP contribution in [0.5, 0.6) is 0 Å². The van der Waals surface area contributed by atoms with E-state index in [1.54, 1.807) is 6.33 Å². The summed E-state index contributed by atoms with van der Waals surface area (Å²) in [5, 5.41) is 4.42. The molecular formula is C20H29N5OS. The molecule has 2 heterocycles. The summed E-state index contributed by atoms with van der Waals surface area (Å²) in [5.41, 5.74) is 0.546. The molecular weight excluding hydrogens is 358 g/mol. The summed E-state index contributed by atoms with van der Waals surface area (Å²) in [7, 11) is 0. The molecule has 3 rings (SSSR count). The Bertz CT molecular complexity index is 832. The van der Waals surface area contributed by atoms with Gasteiger partial charge in [0.2, 0.25) is 5.91 Å². The standard InChI is InChI=1S/C20H29N5OS/c1-16(2)24-14-21-25(19(24)27)15-22-10-12-23(13-11-22)18(26)20(3,4)17-8-6-5-7-9-17/h5-9,14,16H,10-13,15H2,1-4H3. The fraction of sp³-hybridized carbons (Fsp3) is 0.550. The van der Waals surface area contributed by atoms with Gasteiger partial charge >= 0.3 is 0 Å². The van der Waals surface area contributed by atoms with Crippen molar-refractivity contribution in [1.82, 2.24) is 24.1 Å². The Morgan fingerprint density at radius 1 is 1.15 bits per heavy atom. The Morgan fingerprint density at radius 3 is 2.33 bits per heavy atom. The van der Waals surface area contributed by atoms with Gasteiger partial charge in [-0.3, -0.25) is 9.69 Å². The molecule has 2 aromatic rings. The van der Waals surface area contributed by atoms with E-state index in [4.69, 9.17) is 12.2 Å². The summed E-state index contributed by atoms with van der Waals surface area (Å²) in [6, 6.07) is 10.3. The molecule has 0 atom stereocenters. The maximum atomic E-state index is 13.1. The van der Waals surface area contributed by atoms with E-state index in [1.807, 2.05) is 58.3 Å². The zero-order valence-corrected chi connectivity index (χ0v) is 17.4. The number of carbonyl (C=O) groups excluding carboxylic acids is 1. The van der Waals surface area contributed by atoms with Crippen molar-refractivity contribution >= 4 is 18.1 Å². The molecule has 27 heavy (non-hydrogen) atoms. The molecule has 0 radical (unpaired) electrons. The van der Waals surface area contributed by atoms with Crippen LogP contribution in [0.3, 0.4) is 0 Å². The number of benzene rings is 1. The molecule has 0 N–H and O–H groups in total. The van der Waals surface area contributed by atoms with Crippen LogP contribution in [0.25, 0.3) is 0 Å². The highest BCUT2D eigenvalue weighted by atomic mass is 32.1. The van der Waals surface area contributed by atoms with Crippen molar-refractivity contribution in [2.24, 2.45) is 0 Å². The number of piperazine rings is 1. The first-order valence-electron chi connectivity index (χ1n) is 9.52. The maximum Gasteiger partial charge on any atom is 0.232 e. The van der Waals surface area contributed by atoms with Crippen molar-refractivity contribution in [2.75, 3.05) is 26.2 Å². The van der Waals surface area contributed by atoms with Gasteiger partial charge in [0.05, 0.1) is 12.1 Å². The summed E-state index contributed by atoms with van der Waals surface area (Å²) in [6.07, 6.45) is 1.80. The Kier molecular flexibility index (Phi) is 5.81.